The Morgan fingerprint density at radius 1 is 0.846 bits per heavy atom. The van der Waals surface area contributed by atoms with E-state index in [4.69, 9.17) is 9.47 Å². The van der Waals surface area contributed by atoms with Gasteiger partial charge in [0.1, 0.15) is 0 Å². The fraction of sp³-hybridized carbons (Fsp3) is 0.355. The van der Waals surface area contributed by atoms with Crippen LogP contribution in [0.25, 0.3) is 16.7 Å². The van der Waals surface area contributed by atoms with Crippen LogP contribution >= 0.6 is 0 Å². The van der Waals surface area contributed by atoms with Crippen LogP contribution in [0.3, 0.4) is 0 Å². The van der Waals surface area contributed by atoms with Gasteiger partial charge in [-0.2, -0.15) is 4.39 Å². The lowest BCUT2D eigenvalue weighted by molar-refractivity contribution is 0.160. The summed E-state index contributed by atoms with van der Waals surface area (Å²) >= 11 is 0. The molecular formula is C31H31F5O3. The lowest BCUT2D eigenvalue weighted by Crippen LogP contribution is -2.15. The molecule has 39 heavy (non-hydrogen) atoms. The molecule has 2 unspecified atom stereocenters. The second-order valence-electron chi connectivity index (χ2n) is 9.63. The van der Waals surface area contributed by atoms with Crippen molar-refractivity contribution < 1.29 is 36.5 Å². The van der Waals surface area contributed by atoms with Crippen LogP contribution < -0.4 is 9.47 Å². The molecule has 0 bridgehead atoms. The van der Waals surface area contributed by atoms with E-state index in [-0.39, 0.29) is 52.9 Å². The van der Waals surface area contributed by atoms with Gasteiger partial charge >= 0.3 is 0 Å². The minimum atomic E-state index is -1.13. The number of hydrogen-bond acceptors (Lipinski definition) is 3. The molecule has 3 aromatic rings. The molecule has 0 heterocycles. The Morgan fingerprint density at radius 3 is 2.23 bits per heavy atom. The smallest absolute Gasteiger partial charge is 0.201 e. The number of benzene rings is 3. The van der Waals surface area contributed by atoms with Crippen molar-refractivity contribution in [2.75, 3.05) is 13.2 Å². The van der Waals surface area contributed by atoms with E-state index in [0.717, 1.165) is 6.07 Å². The van der Waals surface area contributed by atoms with Gasteiger partial charge in [-0.1, -0.05) is 37.6 Å². The first-order chi connectivity index (χ1) is 18.7. The fourth-order valence-corrected chi connectivity index (χ4v) is 4.80. The van der Waals surface area contributed by atoms with E-state index in [0.29, 0.717) is 37.7 Å². The van der Waals surface area contributed by atoms with Crippen molar-refractivity contribution in [3.05, 3.63) is 88.8 Å². The highest BCUT2D eigenvalue weighted by molar-refractivity contribution is 5.68. The third kappa shape index (κ3) is 6.27. The fourth-order valence-electron chi connectivity index (χ4n) is 4.80. The first-order valence-electron chi connectivity index (χ1n) is 13.1. The third-order valence-electron chi connectivity index (χ3n) is 6.96. The Labute approximate surface area is 224 Å². The Hall–Kier alpha value is -3.39. The molecule has 4 rings (SSSR count). The van der Waals surface area contributed by atoms with E-state index in [9.17, 15) is 27.1 Å². The predicted molar refractivity (Wildman–Crippen MR) is 140 cm³/mol. The lowest BCUT2D eigenvalue weighted by atomic mass is 9.86. The lowest BCUT2D eigenvalue weighted by Gasteiger charge is -2.23. The van der Waals surface area contributed by atoms with Gasteiger partial charge in [0, 0.05) is 16.7 Å². The highest BCUT2D eigenvalue weighted by Crippen LogP contribution is 2.36. The highest BCUT2D eigenvalue weighted by atomic mass is 19.2. The van der Waals surface area contributed by atoms with Crippen LogP contribution in [0.15, 0.2) is 48.5 Å². The molecule has 1 aliphatic carbocycles. The zero-order valence-electron chi connectivity index (χ0n) is 21.9. The van der Waals surface area contributed by atoms with Crippen LogP contribution in [0.5, 0.6) is 11.5 Å². The van der Waals surface area contributed by atoms with Crippen molar-refractivity contribution in [3.63, 3.8) is 0 Å². The number of allylic oxidation sites excluding steroid dienone is 2. The van der Waals surface area contributed by atoms with Gasteiger partial charge in [0.15, 0.2) is 34.8 Å². The van der Waals surface area contributed by atoms with Crippen molar-refractivity contribution in [2.45, 2.75) is 52.1 Å². The molecule has 0 aromatic heterocycles. The van der Waals surface area contributed by atoms with Gasteiger partial charge < -0.3 is 14.6 Å². The van der Waals surface area contributed by atoms with Crippen molar-refractivity contribution in [3.8, 4) is 22.6 Å². The first kappa shape index (κ1) is 28.6. The highest BCUT2D eigenvalue weighted by Gasteiger charge is 2.23. The molecule has 0 fully saturated rings. The Balaban J connectivity index is 1.40. The summed E-state index contributed by atoms with van der Waals surface area (Å²) < 4.78 is 83.6. The molecule has 3 aromatic carbocycles. The van der Waals surface area contributed by atoms with Gasteiger partial charge in [-0.25, -0.2) is 17.6 Å². The molecule has 0 aliphatic heterocycles. The minimum Gasteiger partial charge on any atom is -0.491 e. The van der Waals surface area contributed by atoms with Crippen molar-refractivity contribution in [1.82, 2.24) is 0 Å². The van der Waals surface area contributed by atoms with Crippen LogP contribution in [0.1, 0.15) is 63.2 Å². The van der Waals surface area contributed by atoms with Crippen LogP contribution in [0.4, 0.5) is 22.0 Å². The summed E-state index contributed by atoms with van der Waals surface area (Å²) in [6.07, 6.45) is 3.44. The maximum Gasteiger partial charge on any atom is 0.201 e. The van der Waals surface area contributed by atoms with Crippen molar-refractivity contribution in [2.24, 2.45) is 5.92 Å². The molecule has 1 N–H and O–H groups in total. The van der Waals surface area contributed by atoms with E-state index in [2.05, 4.69) is 0 Å². The maximum absolute atomic E-state index is 14.8. The van der Waals surface area contributed by atoms with Gasteiger partial charge in [-0.05, 0) is 73.9 Å². The molecule has 208 valence electrons. The van der Waals surface area contributed by atoms with E-state index >= 15 is 0 Å². The molecule has 0 radical (unpaired) electrons. The van der Waals surface area contributed by atoms with E-state index < -0.39 is 35.2 Å². The Kier molecular flexibility index (Phi) is 9.28. The Bertz CT molecular complexity index is 1350. The molecule has 3 nitrogen and oxygen atoms in total. The standard InChI is InChI=1S/C31H31F5O3/c1-3-5-25(37)23-12-11-21(28(33)30(23)35)19-8-6-18(7-9-19)17-39-26-14-10-20(16-24(26)32)22-13-15-27(38-4-2)31(36)29(22)34/h8,10-16,18,25,37H,3-7,9,17H2,1-2H3. The first-order valence-corrected chi connectivity index (χ1v) is 13.1. The summed E-state index contributed by atoms with van der Waals surface area (Å²) in [7, 11) is 0. The zero-order chi connectivity index (χ0) is 28.1. The van der Waals surface area contributed by atoms with Gasteiger partial charge in [0.05, 0.1) is 19.3 Å². The molecule has 1 aliphatic rings. The summed E-state index contributed by atoms with van der Waals surface area (Å²) in [5.74, 6) is -5.15. The topological polar surface area (TPSA) is 38.7 Å². The van der Waals surface area contributed by atoms with E-state index in [1.165, 1.54) is 36.4 Å². The average Bonchev–Trinajstić information content (AvgIpc) is 2.93. The zero-order valence-corrected chi connectivity index (χ0v) is 21.9. The monoisotopic (exact) mass is 546 g/mol. The minimum absolute atomic E-state index is 0.0188. The van der Waals surface area contributed by atoms with Crippen molar-refractivity contribution in [1.29, 1.82) is 0 Å². The van der Waals surface area contributed by atoms with E-state index in [1.54, 1.807) is 6.92 Å². The molecule has 0 saturated heterocycles. The number of aliphatic hydroxyl groups excluding tert-OH is 1. The van der Waals surface area contributed by atoms with Crippen LogP contribution in [-0.2, 0) is 0 Å². The van der Waals surface area contributed by atoms with Gasteiger partial charge in [-0.3, -0.25) is 0 Å². The molecule has 8 heteroatoms. The second-order valence-corrected chi connectivity index (χ2v) is 9.63. The summed E-state index contributed by atoms with van der Waals surface area (Å²) in [5, 5.41) is 10.1. The third-order valence-corrected chi connectivity index (χ3v) is 6.96. The summed E-state index contributed by atoms with van der Waals surface area (Å²) in [5.41, 5.74) is 0.887. The van der Waals surface area contributed by atoms with Crippen molar-refractivity contribution >= 4 is 5.57 Å². The number of halogens is 5. The number of ether oxygens (including phenoxy) is 2. The van der Waals surface area contributed by atoms with Crippen LogP contribution in [-0.4, -0.2) is 18.3 Å². The van der Waals surface area contributed by atoms with Gasteiger partial charge in [0.25, 0.3) is 0 Å². The average molecular weight is 547 g/mol. The SMILES string of the molecule is CCCC(O)c1ccc(C2=CCC(COc3ccc(-c4ccc(OCC)c(F)c4F)cc3F)CC2)c(F)c1F. The predicted octanol–water partition coefficient (Wildman–Crippen LogP) is 8.54. The molecular weight excluding hydrogens is 515 g/mol. The molecule has 0 amide bonds. The quantitative estimate of drug-likeness (QED) is 0.259. The molecule has 2 atom stereocenters. The summed E-state index contributed by atoms with van der Waals surface area (Å²) in [4.78, 5) is 0. The molecule has 0 saturated carbocycles. The van der Waals surface area contributed by atoms with Crippen LogP contribution in [0.2, 0.25) is 0 Å². The van der Waals surface area contributed by atoms with Gasteiger partial charge in [-0.15, -0.1) is 0 Å². The number of rotatable bonds is 10. The van der Waals surface area contributed by atoms with Crippen LogP contribution in [0, 0.1) is 35.0 Å². The van der Waals surface area contributed by atoms with E-state index in [1.807, 2.05) is 13.0 Å². The number of aliphatic hydroxyl groups is 1. The normalized spacial score (nSPS) is 16.1. The summed E-state index contributed by atoms with van der Waals surface area (Å²) in [6.45, 7) is 3.89. The summed E-state index contributed by atoms with van der Waals surface area (Å²) in [6, 6.07) is 9.48. The Morgan fingerprint density at radius 2 is 1.56 bits per heavy atom. The second kappa shape index (κ2) is 12.6. The number of hydrogen-bond donors (Lipinski definition) is 1. The van der Waals surface area contributed by atoms with Gasteiger partial charge in [0.2, 0.25) is 5.82 Å². The molecule has 0 spiro atoms. The largest absolute Gasteiger partial charge is 0.491 e. The maximum atomic E-state index is 14.8.